The van der Waals surface area contributed by atoms with E-state index in [2.05, 4.69) is 4.98 Å². The van der Waals surface area contributed by atoms with Crippen molar-refractivity contribution in [3.8, 4) is 11.5 Å². The van der Waals surface area contributed by atoms with Crippen LogP contribution >= 0.6 is 0 Å². The second-order valence-corrected chi connectivity index (χ2v) is 8.93. The number of hydrogen-bond acceptors (Lipinski definition) is 4. The van der Waals surface area contributed by atoms with Crippen molar-refractivity contribution in [2.75, 3.05) is 19.6 Å². The summed E-state index contributed by atoms with van der Waals surface area (Å²) in [6, 6.07) is 7.54. The smallest absolute Gasteiger partial charge is 0.407 e. The molecule has 0 aliphatic carbocycles. The number of halogens is 2. The number of hydrogen-bond donors (Lipinski definition) is 1. The fourth-order valence-electron chi connectivity index (χ4n) is 3.95. The summed E-state index contributed by atoms with van der Waals surface area (Å²) < 4.78 is 33.8. The summed E-state index contributed by atoms with van der Waals surface area (Å²) in [6.07, 6.45) is -1.04. The molecule has 1 unspecified atom stereocenters. The van der Waals surface area contributed by atoms with Gasteiger partial charge in [0.25, 0.3) is 5.91 Å². The number of amides is 2. The molecule has 2 heterocycles. The molecule has 1 aliphatic heterocycles. The van der Waals surface area contributed by atoms with E-state index in [4.69, 9.17) is 4.42 Å². The quantitative estimate of drug-likeness (QED) is 0.624. The van der Waals surface area contributed by atoms with Crippen molar-refractivity contribution < 1.29 is 27.9 Å². The van der Waals surface area contributed by atoms with Crippen LogP contribution in [-0.4, -0.2) is 57.6 Å². The SMILES string of the molecule is CC(C)(C)C1CN(C(=O)c2ccc(-c3nc4ccc(F)cc4o3)cc2F)CCN1C(=O)O. The van der Waals surface area contributed by atoms with E-state index in [0.29, 0.717) is 11.1 Å². The van der Waals surface area contributed by atoms with Crippen molar-refractivity contribution in [3.05, 3.63) is 53.6 Å². The van der Waals surface area contributed by atoms with E-state index in [9.17, 15) is 23.5 Å². The van der Waals surface area contributed by atoms with Gasteiger partial charge in [0.1, 0.15) is 17.2 Å². The van der Waals surface area contributed by atoms with Gasteiger partial charge >= 0.3 is 6.09 Å². The molecule has 7 nitrogen and oxygen atoms in total. The zero-order valence-electron chi connectivity index (χ0n) is 17.9. The van der Waals surface area contributed by atoms with E-state index in [1.807, 2.05) is 20.8 Å². The van der Waals surface area contributed by atoms with Crippen LogP contribution in [0.3, 0.4) is 0 Å². The lowest BCUT2D eigenvalue weighted by atomic mass is 9.84. The lowest BCUT2D eigenvalue weighted by molar-refractivity contribution is 0.0196. The Kier molecular flexibility index (Phi) is 5.36. The Balaban J connectivity index is 1.58. The predicted octanol–water partition coefficient (Wildman–Crippen LogP) is 4.62. The molecule has 0 spiro atoms. The number of nitrogens with zero attached hydrogens (tertiary/aromatic N) is 3. The number of carbonyl (C=O) groups is 2. The summed E-state index contributed by atoms with van der Waals surface area (Å²) in [4.78, 5) is 31.7. The first-order valence-electron chi connectivity index (χ1n) is 10.2. The molecule has 4 rings (SSSR count). The average Bonchev–Trinajstić information content (AvgIpc) is 3.15. The van der Waals surface area contributed by atoms with Crippen molar-refractivity contribution in [1.82, 2.24) is 14.8 Å². The third-order valence-corrected chi connectivity index (χ3v) is 5.71. The number of rotatable bonds is 2. The van der Waals surface area contributed by atoms with Gasteiger partial charge in [-0.25, -0.2) is 18.6 Å². The van der Waals surface area contributed by atoms with Crippen LogP contribution in [-0.2, 0) is 0 Å². The minimum absolute atomic E-state index is 0.117. The fourth-order valence-corrected chi connectivity index (χ4v) is 3.95. The predicted molar refractivity (Wildman–Crippen MR) is 113 cm³/mol. The van der Waals surface area contributed by atoms with E-state index in [0.717, 1.165) is 6.07 Å². The van der Waals surface area contributed by atoms with E-state index < -0.39 is 35.1 Å². The van der Waals surface area contributed by atoms with E-state index >= 15 is 0 Å². The summed E-state index contributed by atoms with van der Waals surface area (Å²) in [5.74, 6) is -1.60. The standard InChI is InChI=1S/C23H23F2N3O4/c1-23(2,3)19-12-27(8-9-28(19)22(30)31)21(29)15-6-4-13(10-16(15)25)20-26-17-7-5-14(24)11-18(17)32-20/h4-7,10-11,19H,8-9,12H2,1-3H3,(H,30,31). The maximum atomic E-state index is 14.9. The topological polar surface area (TPSA) is 86.9 Å². The van der Waals surface area contributed by atoms with Crippen molar-refractivity contribution in [1.29, 1.82) is 0 Å². The Morgan fingerprint density at radius 2 is 1.88 bits per heavy atom. The van der Waals surface area contributed by atoms with Crippen LogP contribution in [0.4, 0.5) is 13.6 Å². The summed E-state index contributed by atoms with van der Waals surface area (Å²) in [6.45, 7) is 6.22. The van der Waals surface area contributed by atoms with Crippen molar-refractivity contribution in [2.24, 2.45) is 5.41 Å². The number of benzene rings is 2. The van der Waals surface area contributed by atoms with E-state index in [1.165, 1.54) is 40.1 Å². The highest BCUT2D eigenvalue weighted by atomic mass is 19.1. The van der Waals surface area contributed by atoms with Gasteiger partial charge in [0.15, 0.2) is 5.58 Å². The summed E-state index contributed by atoms with van der Waals surface area (Å²) >= 11 is 0. The monoisotopic (exact) mass is 443 g/mol. The van der Waals surface area contributed by atoms with Crippen molar-refractivity contribution in [2.45, 2.75) is 26.8 Å². The largest absolute Gasteiger partial charge is 0.465 e. The first-order valence-corrected chi connectivity index (χ1v) is 10.2. The summed E-state index contributed by atoms with van der Waals surface area (Å²) in [5, 5.41) is 9.49. The van der Waals surface area contributed by atoms with Gasteiger partial charge in [-0.15, -0.1) is 0 Å². The van der Waals surface area contributed by atoms with Gasteiger partial charge in [-0.05, 0) is 35.7 Å². The number of fused-ring (bicyclic) bond motifs is 1. The lowest BCUT2D eigenvalue weighted by Gasteiger charge is -2.45. The van der Waals surface area contributed by atoms with Crippen LogP contribution in [0.2, 0.25) is 0 Å². The molecule has 1 saturated heterocycles. The molecule has 1 aromatic heterocycles. The van der Waals surface area contributed by atoms with Crippen LogP contribution in [0.25, 0.3) is 22.6 Å². The molecule has 2 aromatic carbocycles. The Morgan fingerprint density at radius 3 is 2.53 bits per heavy atom. The molecule has 0 radical (unpaired) electrons. The minimum Gasteiger partial charge on any atom is -0.465 e. The number of piperazine rings is 1. The second kappa shape index (κ2) is 7.89. The molecule has 0 saturated carbocycles. The Hall–Kier alpha value is -3.49. The average molecular weight is 443 g/mol. The van der Waals surface area contributed by atoms with Crippen LogP contribution in [0.15, 0.2) is 40.8 Å². The molecule has 9 heteroatoms. The summed E-state index contributed by atoms with van der Waals surface area (Å²) in [5.41, 5.74) is 0.481. The van der Waals surface area contributed by atoms with Crippen molar-refractivity contribution in [3.63, 3.8) is 0 Å². The molecule has 1 N–H and O–H groups in total. The molecule has 1 fully saturated rings. The van der Waals surface area contributed by atoms with Gasteiger partial charge in [-0.1, -0.05) is 20.8 Å². The molecule has 1 aliphatic rings. The molecule has 168 valence electrons. The molecule has 0 bridgehead atoms. The van der Waals surface area contributed by atoms with Gasteiger partial charge in [0.2, 0.25) is 5.89 Å². The number of oxazole rings is 1. The highest BCUT2D eigenvalue weighted by molar-refractivity contribution is 5.95. The van der Waals surface area contributed by atoms with Gasteiger partial charge in [-0.2, -0.15) is 0 Å². The van der Waals surface area contributed by atoms with Gasteiger partial charge < -0.3 is 19.3 Å². The molecule has 32 heavy (non-hydrogen) atoms. The second-order valence-electron chi connectivity index (χ2n) is 8.93. The minimum atomic E-state index is -1.04. The zero-order valence-corrected chi connectivity index (χ0v) is 17.9. The normalized spacial score (nSPS) is 17.1. The van der Waals surface area contributed by atoms with E-state index in [-0.39, 0.29) is 36.7 Å². The molecular weight excluding hydrogens is 420 g/mol. The highest BCUT2D eigenvalue weighted by Gasteiger charge is 2.39. The number of carbonyl (C=O) groups excluding carboxylic acids is 1. The van der Waals surface area contributed by atoms with Crippen LogP contribution in [0.5, 0.6) is 0 Å². The first-order chi connectivity index (χ1) is 15.0. The van der Waals surface area contributed by atoms with Crippen LogP contribution in [0, 0.1) is 17.0 Å². The number of carboxylic acid groups (broad SMARTS) is 1. The molecule has 3 aromatic rings. The third-order valence-electron chi connectivity index (χ3n) is 5.71. The van der Waals surface area contributed by atoms with Crippen LogP contribution in [0.1, 0.15) is 31.1 Å². The maximum Gasteiger partial charge on any atom is 0.407 e. The van der Waals surface area contributed by atoms with Crippen LogP contribution < -0.4 is 0 Å². The first kappa shape index (κ1) is 21.7. The Bertz CT molecular complexity index is 1200. The number of aromatic nitrogens is 1. The third kappa shape index (κ3) is 4.02. The molecule has 2 amide bonds. The van der Waals surface area contributed by atoms with E-state index in [1.54, 1.807) is 0 Å². The summed E-state index contributed by atoms with van der Waals surface area (Å²) in [7, 11) is 0. The Labute approximate surface area is 183 Å². The highest BCUT2D eigenvalue weighted by Crippen LogP contribution is 2.30. The zero-order chi connectivity index (χ0) is 23.2. The fraction of sp³-hybridized carbons (Fsp3) is 0.348. The molecular formula is C23H23F2N3O4. The Morgan fingerprint density at radius 1 is 1.12 bits per heavy atom. The van der Waals surface area contributed by atoms with Gasteiger partial charge in [-0.3, -0.25) is 4.79 Å². The van der Waals surface area contributed by atoms with Gasteiger partial charge in [0, 0.05) is 31.3 Å². The van der Waals surface area contributed by atoms with Crippen molar-refractivity contribution >= 4 is 23.1 Å². The molecule has 1 atom stereocenters. The van der Waals surface area contributed by atoms with Gasteiger partial charge in [0.05, 0.1) is 11.6 Å². The maximum absolute atomic E-state index is 14.9. The lowest BCUT2D eigenvalue weighted by Crippen LogP contribution is -2.60.